The second-order valence-electron chi connectivity index (χ2n) is 2.48. The lowest BCUT2D eigenvalue weighted by atomic mass is 10.1. The molecule has 0 saturated heterocycles. The molecule has 0 aliphatic carbocycles. The first-order valence-electron chi connectivity index (χ1n) is 3.45. The van der Waals surface area contributed by atoms with Gasteiger partial charge in [0.1, 0.15) is 0 Å². The van der Waals surface area contributed by atoms with Gasteiger partial charge in [0.2, 0.25) is 0 Å². The summed E-state index contributed by atoms with van der Waals surface area (Å²) in [6.45, 7) is 2.49. The summed E-state index contributed by atoms with van der Waals surface area (Å²) in [6.07, 6.45) is 0. The molecule has 0 aliphatic rings. The number of benzene rings is 1. The van der Waals surface area contributed by atoms with E-state index < -0.39 is 23.1 Å². The summed E-state index contributed by atoms with van der Waals surface area (Å²) in [7, 11) is 0. The molecule has 0 N–H and O–H groups in total. The van der Waals surface area contributed by atoms with Crippen LogP contribution in [0.5, 0.6) is 5.75 Å². The van der Waals surface area contributed by atoms with Crippen molar-refractivity contribution in [2.24, 2.45) is 0 Å². The zero-order valence-corrected chi connectivity index (χ0v) is 6.56. The molecule has 1 aromatic carbocycles. The van der Waals surface area contributed by atoms with Gasteiger partial charge in [-0.15, -0.1) is 0 Å². The summed E-state index contributed by atoms with van der Waals surface area (Å²) in [5, 5.41) is 10.9. The van der Waals surface area contributed by atoms with Crippen molar-refractivity contribution in [2.75, 3.05) is 0 Å². The lowest BCUT2D eigenvalue weighted by Gasteiger charge is -2.13. The molecule has 0 atom stereocenters. The van der Waals surface area contributed by atoms with Crippen LogP contribution in [0.25, 0.3) is 0 Å². The smallest absolute Gasteiger partial charge is 0.289 e. The van der Waals surface area contributed by atoms with Gasteiger partial charge in [-0.2, -0.15) is 8.78 Å². The lowest BCUT2D eigenvalue weighted by molar-refractivity contribution is 0.0112. The van der Waals surface area contributed by atoms with Crippen molar-refractivity contribution < 1.29 is 18.3 Å². The molecule has 0 aliphatic heterocycles. The number of alkyl halides is 2. The molecule has 0 unspecified atom stereocenters. The van der Waals surface area contributed by atoms with Crippen LogP contribution in [-0.2, 0) is 11.0 Å². The molecule has 0 spiro atoms. The highest BCUT2D eigenvalue weighted by molar-refractivity contribution is 5.38. The molecule has 0 bridgehead atoms. The summed E-state index contributed by atoms with van der Waals surface area (Å²) in [4.78, 5) is 0. The second-order valence-corrected chi connectivity index (χ2v) is 2.48. The van der Waals surface area contributed by atoms with Gasteiger partial charge in [-0.05, 0) is 12.1 Å². The van der Waals surface area contributed by atoms with E-state index in [-0.39, 0.29) is 0 Å². The van der Waals surface area contributed by atoms with Gasteiger partial charge in [0.25, 0.3) is 0 Å². The van der Waals surface area contributed by atoms with Gasteiger partial charge in [0.05, 0.1) is 5.56 Å². The highest BCUT2D eigenvalue weighted by atomic mass is 19.3. The standard InChI is InChI=1S/C9H6F3O/c1-6(10)9(11,12)7-4-2-3-5-8(7)13/h2-5H,1H2. The van der Waals surface area contributed by atoms with Gasteiger partial charge in [0.15, 0.2) is 11.6 Å². The first-order valence-corrected chi connectivity index (χ1v) is 3.45. The van der Waals surface area contributed by atoms with E-state index in [9.17, 15) is 18.3 Å². The zero-order chi connectivity index (χ0) is 10.1. The van der Waals surface area contributed by atoms with Crippen LogP contribution >= 0.6 is 0 Å². The molecule has 0 heterocycles. The number of allylic oxidation sites excluding steroid dienone is 1. The Hall–Kier alpha value is -1.45. The molecule has 1 nitrogen and oxygen atoms in total. The van der Waals surface area contributed by atoms with Gasteiger partial charge in [-0.25, -0.2) is 4.39 Å². The van der Waals surface area contributed by atoms with Crippen LogP contribution in [0.3, 0.4) is 0 Å². The SMILES string of the molecule is C=C(F)C(F)(F)c1ccccc1[O]. The Morgan fingerprint density at radius 1 is 1.31 bits per heavy atom. The third kappa shape index (κ3) is 1.66. The van der Waals surface area contributed by atoms with Crippen molar-refractivity contribution >= 4 is 0 Å². The van der Waals surface area contributed by atoms with Crippen molar-refractivity contribution in [1.29, 1.82) is 0 Å². The molecule has 0 amide bonds. The molecule has 0 saturated carbocycles. The quantitative estimate of drug-likeness (QED) is 0.676. The maximum atomic E-state index is 12.9. The Kier molecular flexibility index (Phi) is 2.32. The highest BCUT2D eigenvalue weighted by Crippen LogP contribution is 2.39. The fourth-order valence-corrected chi connectivity index (χ4v) is 0.872. The lowest BCUT2D eigenvalue weighted by Crippen LogP contribution is -2.13. The normalized spacial score (nSPS) is 11.3. The molecule has 1 radical (unpaired) electrons. The molecule has 1 aromatic rings. The summed E-state index contributed by atoms with van der Waals surface area (Å²) in [5.74, 6) is -6.61. The number of hydrogen-bond acceptors (Lipinski definition) is 0. The van der Waals surface area contributed by atoms with Gasteiger partial charge >= 0.3 is 5.92 Å². The maximum Gasteiger partial charge on any atom is 0.327 e. The predicted molar refractivity (Wildman–Crippen MR) is 40.7 cm³/mol. The van der Waals surface area contributed by atoms with Gasteiger partial charge < -0.3 is 0 Å². The van der Waals surface area contributed by atoms with Crippen molar-refractivity contribution in [3.8, 4) is 5.75 Å². The zero-order valence-electron chi connectivity index (χ0n) is 6.56. The van der Waals surface area contributed by atoms with E-state index >= 15 is 0 Å². The molecular weight excluding hydrogens is 181 g/mol. The molecule has 4 heteroatoms. The van der Waals surface area contributed by atoms with E-state index in [0.29, 0.717) is 0 Å². The van der Waals surface area contributed by atoms with Crippen LogP contribution in [-0.4, -0.2) is 0 Å². The number of para-hydroxylation sites is 1. The van der Waals surface area contributed by atoms with Gasteiger partial charge in [-0.3, -0.25) is 5.11 Å². The fraction of sp³-hybridized carbons (Fsp3) is 0.111. The summed E-state index contributed by atoms with van der Waals surface area (Å²) in [6, 6.07) is 4.38. The Bertz CT molecular complexity index is 333. The predicted octanol–water partition coefficient (Wildman–Crippen LogP) is 3.41. The third-order valence-electron chi connectivity index (χ3n) is 1.57. The minimum atomic E-state index is -3.89. The van der Waals surface area contributed by atoms with E-state index in [2.05, 4.69) is 6.58 Å². The maximum absolute atomic E-state index is 12.9. The topological polar surface area (TPSA) is 19.9 Å². The molecule has 0 aromatic heterocycles. The minimum Gasteiger partial charge on any atom is -0.289 e. The van der Waals surface area contributed by atoms with Crippen LogP contribution in [0.15, 0.2) is 36.7 Å². The van der Waals surface area contributed by atoms with Crippen molar-refractivity contribution in [3.05, 3.63) is 42.2 Å². The van der Waals surface area contributed by atoms with E-state index in [1.807, 2.05) is 0 Å². The summed E-state index contributed by atoms with van der Waals surface area (Å²) < 4.78 is 38.0. The largest absolute Gasteiger partial charge is 0.327 e. The Labute approximate surface area is 73.1 Å². The average molecular weight is 187 g/mol. The minimum absolute atomic E-state index is 0.882. The van der Waals surface area contributed by atoms with Crippen molar-refractivity contribution in [3.63, 3.8) is 0 Å². The van der Waals surface area contributed by atoms with Crippen molar-refractivity contribution in [1.82, 2.24) is 0 Å². The van der Waals surface area contributed by atoms with Gasteiger partial charge in [0, 0.05) is 0 Å². The Morgan fingerprint density at radius 3 is 2.31 bits per heavy atom. The fourth-order valence-electron chi connectivity index (χ4n) is 0.872. The highest BCUT2D eigenvalue weighted by Gasteiger charge is 2.38. The number of rotatable bonds is 2. The Balaban J connectivity index is 3.22. The van der Waals surface area contributed by atoms with Crippen LogP contribution in [0, 0.1) is 0 Å². The van der Waals surface area contributed by atoms with Crippen LogP contribution < -0.4 is 0 Å². The number of halogens is 3. The second kappa shape index (κ2) is 3.12. The van der Waals surface area contributed by atoms with Crippen molar-refractivity contribution in [2.45, 2.75) is 5.92 Å². The van der Waals surface area contributed by atoms with Gasteiger partial charge in [-0.1, -0.05) is 18.7 Å². The van der Waals surface area contributed by atoms with Crippen LogP contribution in [0.2, 0.25) is 0 Å². The third-order valence-corrected chi connectivity index (χ3v) is 1.57. The first-order chi connectivity index (χ1) is 5.96. The summed E-state index contributed by atoms with van der Waals surface area (Å²) in [5.41, 5.74) is -0.887. The molecular formula is C9H6F3O. The molecule has 13 heavy (non-hydrogen) atoms. The Morgan fingerprint density at radius 2 is 1.85 bits per heavy atom. The molecule has 1 rings (SSSR count). The first kappa shape index (κ1) is 9.64. The molecule has 0 fully saturated rings. The van der Waals surface area contributed by atoms with E-state index in [4.69, 9.17) is 0 Å². The van der Waals surface area contributed by atoms with Crippen LogP contribution in [0.1, 0.15) is 5.56 Å². The van der Waals surface area contributed by atoms with E-state index in [0.717, 1.165) is 12.1 Å². The van der Waals surface area contributed by atoms with Crippen LogP contribution in [0.4, 0.5) is 13.2 Å². The van der Waals surface area contributed by atoms with E-state index in [1.54, 1.807) is 0 Å². The summed E-state index contributed by atoms with van der Waals surface area (Å²) >= 11 is 0. The number of hydrogen-bond donors (Lipinski definition) is 0. The average Bonchev–Trinajstić information content (AvgIpc) is 2.04. The molecule has 69 valence electrons. The monoisotopic (exact) mass is 187 g/mol. The van der Waals surface area contributed by atoms with E-state index in [1.165, 1.54) is 12.1 Å².